The van der Waals surface area contributed by atoms with Gasteiger partial charge in [-0.25, -0.2) is 4.98 Å². The van der Waals surface area contributed by atoms with Gasteiger partial charge in [0.2, 0.25) is 5.91 Å². The highest BCUT2D eigenvalue weighted by molar-refractivity contribution is 5.97. The summed E-state index contributed by atoms with van der Waals surface area (Å²) in [5.74, 6) is 0.234. The van der Waals surface area contributed by atoms with Crippen molar-refractivity contribution in [1.29, 1.82) is 0 Å². The van der Waals surface area contributed by atoms with E-state index in [0.717, 1.165) is 36.2 Å². The molecule has 0 saturated carbocycles. The maximum atomic E-state index is 13.0. The van der Waals surface area contributed by atoms with Gasteiger partial charge in [-0.1, -0.05) is 18.2 Å². The number of carbonyl (C=O) groups excluding carboxylic acids is 1. The Morgan fingerprint density at radius 3 is 2.83 bits per heavy atom. The average molecular weight is 330 g/mol. The van der Waals surface area contributed by atoms with Crippen molar-refractivity contribution in [1.82, 2.24) is 14.5 Å². The van der Waals surface area contributed by atoms with Crippen LogP contribution in [0.4, 0.5) is 0 Å². The van der Waals surface area contributed by atoms with Gasteiger partial charge in [-0.3, -0.25) is 9.36 Å². The van der Waals surface area contributed by atoms with Crippen LogP contribution in [0.5, 0.6) is 0 Å². The van der Waals surface area contributed by atoms with Crippen molar-refractivity contribution < 1.29 is 4.79 Å². The third-order valence-corrected chi connectivity index (χ3v) is 4.93. The van der Waals surface area contributed by atoms with Crippen LogP contribution in [0.3, 0.4) is 0 Å². The number of fused-ring (bicyclic) bond motifs is 3. The summed E-state index contributed by atoms with van der Waals surface area (Å²) in [6, 6.07) is 8.20. The predicted octanol–water partition coefficient (Wildman–Crippen LogP) is 3.85. The number of aromatic amines is 1. The van der Waals surface area contributed by atoms with Crippen molar-refractivity contribution in [2.75, 3.05) is 0 Å². The summed E-state index contributed by atoms with van der Waals surface area (Å²) in [5, 5.41) is 1.20. The molecule has 0 spiro atoms. The number of benzene rings is 1. The number of hydrogen-bond acceptors (Lipinski definition) is 2. The maximum Gasteiger partial charge on any atom is 0.234 e. The molecule has 0 bridgehead atoms. The van der Waals surface area contributed by atoms with Crippen LogP contribution >= 0.6 is 12.4 Å². The molecule has 3 heterocycles. The molecule has 2 aromatic heterocycles. The lowest BCUT2D eigenvalue weighted by molar-refractivity contribution is 0.0808. The Labute approximate surface area is 141 Å². The van der Waals surface area contributed by atoms with Crippen LogP contribution in [0, 0.1) is 19.8 Å². The number of para-hydroxylation sites is 1. The van der Waals surface area contributed by atoms with Crippen LogP contribution in [-0.2, 0) is 12.8 Å². The van der Waals surface area contributed by atoms with Crippen LogP contribution in [0.2, 0.25) is 0 Å². The molecule has 0 radical (unpaired) electrons. The molecule has 120 valence electrons. The van der Waals surface area contributed by atoms with E-state index in [-0.39, 0.29) is 24.2 Å². The van der Waals surface area contributed by atoms with Crippen LogP contribution in [0.25, 0.3) is 10.9 Å². The summed E-state index contributed by atoms with van der Waals surface area (Å²) in [4.78, 5) is 20.5. The first-order valence-corrected chi connectivity index (χ1v) is 7.79. The molecule has 5 heteroatoms. The Bertz CT molecular complexity index is 878. The lowest BCUT2D eigenvalue weighted by atomic mass is 9.91. The fraction of sp³-hybridized carbons (Fsp3) is 0.333. The zero-order valence-electron chi connectivity index (χ0n) is 13.3. The zero-order valence-corrected chi connectivity index (χ0v) is 14.1. The number of H-pyrrole nitrogens is 1. The van der Waals surface area contributed by atoms with E-state index in [1.165, 1.54) is 16.6 Å². The molecule has 23 heavy (non-hydrogen) atoms. The van der Waals surface area contributed by atoms with Crippen molar-refractivity contribution in [3.63, 3.8) is 0 Å². The first-order valence-electron chi connectivity index (χ1n) is 7.79. The van der Waals surface area contributed by atoms with Crippen LogP contribution in [-0.4, -0.2) is 20.4 Å². The molecule has 1 N–H and O–H groups in total. The number of nitrogens with one attached hydrogen (secondary N) is 1. The Hall–Kier alpha value is -2.07. The monoisotopic (exact) mass is 329 g/mol. The predicted molar refractivity (Wildman–Crippen MR) is 93.4 cm³/mol. The normalized spacial score (nSPS) is 17.1. The zero-order chi connectivity index (χ0) is 15.3. The standard InChI is InChI=1S/C18H19N3O.ClH/c1-11-14-5-3-4-6-17(14)21-16(11)8-7-13(18(21)22)9-15-12(2)19-10-20-15;/h3-6,10,13H,7-9H2,1-2H3,(H,19,20);1H/t13-;/m1./s1. The van der Waals surface area contributed by atoms with E-state index in [9.17, 15) is 4.79 Å². The Morgan fingerprint density at radius 1 is 1.30 bits per heavy atom. The number of imidazole rings is 1. The van der Waals surface area contributed by atoms with E-state index in [4.69, 9.17) is 0 Å². The minimum atomic E-state index is 0. The van der Waals surface area contributed by atoms with E-state index in [0.29, 0.717) is 0 Å². The summed E-state index contributed by atoms with van der Waals surface area (Å²) in [6.07, 6.45) is 4.29. The molecule has 1 atom stereocenters. The van der Waals surface area contributed by atoms with Crippen molar-refractivity contribution >= 4 is 29.2 Å². The van der Waals surface area contributed by atoms with E-state index < -0.39 is 0 Å². The summed E-state index contributed by atoms with van der Waals surface area (Å²) >= 11 is 0. The van der Waals surface area contributed by atoms with Gasteiger partial charge in [-0.15, -0.1) is 12.4 Å². The topological polar surface area (TPSA) is 50.7 Å². The molecule has 1 aliphatic rings. The quantitative estimate of drug-likeness (QED) is 0.776. The average Bonchev–Trinajstić information content (AvgIpc) is 3.05. The third-order valence-electron chi connectivity index (χ3n) is 4.93. The molecule has 1 aromatic carbocycles. The van der Waals surface area contributed by atoms with E-state index in [2.05, 4.69) is 23.0 Å². The largest absolute Gasteiger partial charge is 0.348 e. The molecule has 4 nitrogen and oxygen atoms in total. The molecule has 0 amide bonds. The molecule has 0 fully saturated rings. The van der Waals surface area contributed by atoms with Gasteiger partial charge in [-0.05, 0) is 38.3 Å². The second-order valence-corrected chi connectivity index (χ2v) is 6.18. The van der Waals surface area contributed by atoms with Gasteiger partial charge < -0.3 is 4.98 Å². The number of hydrogen-bond donors (Lipinski definition) is 1. The number of aromatic nitrogens is 3. The highest BCUT2D eigenvalue weighted by Crippen LogP contribution is 2.33. The molecular weight excluding hydrogens is 310 g/mol. The molecule has 3 aromatic rings. The lowest BCUT2D eigenvalue weighted by Gasteiger charge is -2.23. The van der Waals surface area contributed by atoms with Gasteiger partial charge in [0, 0.05) is 29.1 Å². The van der Waals surface area contributed by atoms with E-state index in [1.807, 2.05) is 29.7 Å². The van der Waals surface area contributed by atoms with Crippen molar-refractivity contribution in [2.45, 2.75) is 33.1 Å². The summed E-state index contributed by atoms with van der Waals surface area (Å²) in [7, 11) is 0. The van der Waals surface area contributed by atoms with Gasteiger partial charge in [0.25, 0.3) is 0 Å². The van der Waals surface area contributed by atoms with Crippen LogP contribution < -0.4 is 0 Å². The Balaban J connectivity index is 0.00000156. The van der Waals surface area contributed by atoms with Crippen molar-refractivity contribution in [2.24, 2.45) is 5.92 Å². The number of aryl methyl sites for hydroxylation is 2. The second-order valence-electron chi connectivity index (χ2n) is 6.18. The van der Waals surface area contributed by atoms with Gasteiger partial charge in [0.05, 0.1) is 17.5 Å². The first kappa shape index (κ1) is 15.8. The summed E-state index contributed by atoms with van der Waals surface area (Å²) < 4.78 is 1.95. The number of carbonyl (C=O) groups is 1. The highest BCUT2D eigenvalue weighted by Gasteiger charge is 2.31. The van der Waals surface area contributed by atoms with Crippen molar-refractivity contribution in [3.8, 4) is 0 Å². The molecule has 0 saturated heterocycles. The molecule has 4 rings (SSSR count). The maximum absolute atomic E-state index is 13.0. The molecule has 0 aliphatic carbocycles. The molecular formula is C18H20ClN3O. The molecule has 0 unspecified atom stereocenters. The number of halogens is 1. The van der Waals surface area contributed by atoms with E-state index >= 15 is 0 Å². The van der Waals surface area contributed by atoms with Gasteiger partial charge in [0.15, 0.2) is 0 Å². The fourth-order valence-corrected chi connectivity index (χ4v) is 3.64. The Morgan fingerprint density at radius 2 is 2.09 bits per heavy atom. The lowest BCUT2D eigenvalue weighted by Crippen LogP contribution is -2.30. The third kappa shape index (κ3) is 2.38. The van der Waals surface area contributed by atoms with Crippen LogP contribution in [0.1, 0.15) is 33.9 Å². The summed E-state index contributed by atoms with van der Waals surface area (Å²) in [6.45, 7) is 4.13. The number of nitrogens with zero attached hydrogens (tertiary/aromatic N) is 2. The van der Waals surface area contributed by atoms with Crippen molar-refractivity contribution in [3.05, 3.63) is 53.2 Å². The van der Waals surface area contributed by atoms with E-state index in [1.54, 1.807) is 6.33 Å². The SMILES string of the molecule is Cc1[nH]cnc1C[C@H]1CCc2c(C)c3ccccc3n2C1=O.Cl. The second kappa shape index (κ2) is 5.85. The highest BCUT2D eigenvalue weighted by atomic mass is 35.5. The minimum absolute atomic E-state index is 0. The first-order chi connectivity index (χ1) is 10.7. The van der Waals surface area contributed by atoms with Gasteiger partial charge in [-0.2, -0.15) is 0 Å². The Kier molecular flexibility index (Phi) is 4.02. The minimum Gasteiger partial charge on any atom is -0.348 e. The van der Waals surface area contributed by atoms with Crippen LogP contribution in [0.15, 0.2) is 30.6 Å². The molecule has 1 aliphatic heterocycles. The smallest absolute Gasteiger partial charge is 0.234 e. The number of rotatable bonds is 2. The summed E-state index contributed by atoms with van der Waals surface area (Å²) in [5.41, 5.74) is 5.55. The van der Waals surface area contributed by atoms with Gasteiger partial charge in [0.1, 0.15) is 0 Å². The fourth-order valence-electron chi connectivity index (χ4n) is 3.64. The van der Waals surface area contributed by atoms with Gasteiger partial charge >= 0.3 is 0 Å².